The summed E-state index contributed by atoms with van der Waals surface area (Å²) >= 11 is 4.78. The predicted octanol–water partition coefficient (Wildman–Crippen LogP) is 1.31. The maximum Gasteiger partial charge on any atom is 0.304 e. The van der Waals surface area contributed by atoms with E-state index in [1.165, 1.54) is 11.3 Å². The molecule has 14 heavy (non-hydrogen) atoms. The third-order valence-corrected chi connectivity index (χ3v) is 3.52. The van der Waals surface area contributed by atoms with Crippen molar-refractivity contribution in [3.05, 3.63) is 20.8 Å². The zero-order valence-corrected chi connectivity index (χ0v) is 9.72. The van der Waals surface area contributed by atoms with E-state index < -0.39 is 18.1 Å². The van der Waals surface area contributed by atoms with Crippen molar-refractivity contribution >= 4 is 33.2 Å². The first-order chi connectivity index (χ1) is 6.50. The fraction of sp³-hybridized carbons (Fsp3) is 0.375. The van der Waals surface area contributed by atoms with Crippen molar-refractivity contribution in [1.29, 1.82) is 0 Å². The van der Waals surface area contributed by atoms with Gasteiger partial charge in [-0.1, -0.05) is 0 Å². The second-order valence-electron chi connectivity index (χ2n) is 2.93. The number of rotatable bonds is 4. The van der Waals surface area contributed by atoms with E-state index in [1.54, 1.807) is 0 Å². The zero-order valence-electron chi connectivity index (χ0n) is 7.31. The fourth-order valence-electron chi connectivity index (χ4n) is 1.05. The smallest absolute Gasteiger partial charge is 0.304 e. The van der Waals surface area contributed by atoms with Crippen LogP contribution in [0.4, 0.5) is 0 Å². The molecule has 0 saturated carbocycles. The van der Waals surface area contributed by atoms with Gasteiger partial charge in [0.05, 0.1) is 16.2 Å². The van der Waals surface area contributed by atoms with E-state index in [9.17, 15) is 4.79 Å². The fourth-order valence-corrected chi connectivity index (χ4v) is 2.55. The molecule has 5 N–H and O–H groups in total. The van der Waals surface area contributed by atoms with Gasteiger partial charge in [0.25, 0.3) is 0 Å². The van der Waals surface area contributed by atoms with Crippen LogP contribution >= 0.6 is 27.3 Å². The van der Waals surface area contributed by atoms with E-state index in [4.69, 9.17) is 16.6 Å². The SMILES string of the molecule is NC(CC(=O)O)C(N)c1ccc(Br)s1. The quantitative estimate of drug-likeness (QED) is 0.775. The molecule has 0 bridgehead atoms. The molecule has 1 aromatic rings. The summed E-state index contributed by atoms with van der Waals surface area (Å²) in [4.78, 5) is 11.3. The summed E-state index contributed by atoms with van der Waals surface area (Å²) in [5.74, 6) is -0.927. The number of halogens is 1. The number of aliphatic carboxylic acids is 1. The number of carboxylic acids is 1. The van der Waals surface area contributed by atoms with Crippen LogP contribution in [-0.2, 0) is 4.79 Å². The topological polar surface area (TPSA) is 89.3 Å². The summed E-state index contributed by atoms with van der Waals surface area (Å²) < 4.78 is 0.963. The molecule has 78 valence electrons. The Labute approximate surface area is 94.0 Å². The Kier molecular flexibility index (Phi) is 4.06. The molecule has 0 saturated heterocycles. The Morgan fingerprint density at radius 1 is 1.57 bits per heavy atom. The number of nitrogens with two attached hydrogens (primary N) is 2. The lowest BCUT2D eigenvalue weighted by atomic mass is 10.1. The number of carbonyl (C=O) groups is 1. The van der Waals surface area contributed by atoms with E-state index in [2.05, 4.69) is 15.9 Å². The maximum atomic E-state index is 10.4. The summed E-state index contributed by atoms with van der Waals surface area (Å²) in [5.41, 5.74) is 11.4. The molecule has 2 unspecified atom stereocenters. The third-order valence-electron chi connectivity index (χ3n) is 1.79. The van der Waals surface area contributed by atoms with Crippen molar-refractivity contribution in [2.45, 2.75) is 18.5 Å². The van der Waals surface area contributed by atoms with Crippen LogP contribution in [0.2, 0.25) is 0 Å². The van der Waals surface area contributed by atoms with Crippen LogP contribution in [0.1, 0.15) is 17.3 Å². The van der Waals surface area contributed by atoms with Gasteiger partial charge in [0.2, 0.25) is 0 Å². The van der Waals surface area contributed by atoms with E-state index in [0.29, 0.717) is 0 Å². The minimum Gasteiger partial charge on any atom is -0.481 e. The number of thiophene rings is 1. The molecule has 0 amide bonds. The first kappa shape index (κ1) is 11.6. The van der Waals surface area contributed by atoms with Crippen LogP contribution in [-0.4, -0.2) is 17.1 Å². The average molecular weight is 279 g/mol. The van der Waals surface area contributed by atoms with Gasteiger partial charge in [-0.2, -0.15) is 0 Å². The van der Waals surface area contributed by atoms with Gasteiger partial charge in [-0.05, 0) is 28.1 Å². The van der Waals surface area contributed by atoms with Gasteiger partial charge in [0, 0.05) is 10.9 Å². The Morgan fingerprint density at radius 2 is 2.21 bits per heavy atom. The van der Waals surface area contributed by atoms with Gasteiger partial charge in [-0.15, -0.1) is 11.3 Å². The summed E-state index contributed by atoms with van der Waals surface area (Å²) in [6, 6.07) is 2.76. The molecule has 0 spiro atoms. The number of hydrogen-bond acceptors (Lipinski definition) is 4. The van der Waals surface area contributed by atoms with Crippen molar-refractivity contribution in [2.75, 3.05) is 0 Å². The second-order valence-corrected chi connectivity index (χ2v) is 5.42. The molecule has 1 aromatic heterocycles. The molecule has 0 aliphatic rings. The van der Waals surface area contributed by atoms with Gasteiger partial charge in [0.1, 0.15) is 0 Å². The van der Waals surface area contributed by atoms with Gasteiger partial charge >= 0.3 is 5.97 Å². The van der Waals surface area contributed by atoms with Gasteiger partial charge < -0.3 is 16.6 Å². The Morgan fingerprint density at radius 3 is 2.64 bits per heavy atom. The Balaban J connectivity index is 2.65. The Hall–Kier alpha value is -0.430. The molecule has 0 aromatic carbocycles. The van der Waals surface area contributed by atoms with E-state index in [-0.39, 0.29) is 6.42 Å². The van der Waals surface area contributed by atoms with Crippen LogP contribution in [0.15, 0.2) is 15.9 Å². The van der Waals surface area contributed by atoms with E-state index in [0.717, 1.165) is 8.66 Å². The van der Waals surface area contributed by atoms with Crippen LogP contribution in [0.25, 0.3) is 0 Å². The van der Waals surface area contributed by atoms with Gasteiger partial charge in [0.15, 0.2) is 0 Å². The lowest BCUT2D eigenvalue weighted by Crippen LogP contribution is -2.35. The lowest BCUT2D eigenvalue weighted by Gasteiger charge is -2.16. The summed E-state index contributed by atoms with van der Waals surface area (Å²) in [6.45, 7) is 0. The van der Waals surface area contributed by atoms with Crippen molar-refractivity contribution in [1.82, 2.24) is 0 Å². The molecular weight excluding hydrogens is 268 g/mol. The van der Waals surface area contributed by atoms with Crippen LogP contribution < -0.4 is 11.5 Å². The highest BCUT2D eigenvalue weighted by Crippen LogP contribution is 2.27. The summed E-state index contributed by atoms with van der Waals surface area (Å²) in [6.07, 6.45) is -0.114. The molecule has 4 nitrogen and oxygen atoms in total. The minimum absolute atomic E-state index is 0.114. The maximum absolute atomic E-state index is 10.4. The molecule has 0 aliphatic carbocycles. The largest absolute Gasteiger partial charge is 0.481 e. The average Bonchev–Trinajstić information content (AvgIpc) is 2.49. The zero-order chi connectivity index (χ0) is 10.7. The van der Waals surface area contributed by atoms with Crippen molar-refractivity contribution in [3.63, 3.8) is 0 Å². The minimum atomic E-state index is -0.927. The standard InChI is InChI=1S/C8H11BrN2O2S/c9-6-2-1-5(14-6)8(11)4(10)3-7(12)13/h1-2,4,8H,3,10-11H2,(H,12,13). The summed E-state index contributed by atoms with van der Waals surface area (Å²) in [7, 11) is 0. The van der Waals surface area contributed by atoms with Crippen LogP contribution in [0, 0.1) is 0 Å². The molecule has 2 atom stereocenters. The molecule has 0 aliphatic heterocycles. The lowest BCUT2D eigenvalue weighted by molar-refractivity contribution is -0.137. The van der Waals surface area contributed by atoms with Gasteiger partial charge in [-0.25, -0.2) is 0 Å². The van der Waals surface area contributed by atoms with Crippen LogP contribution in [0.3, 0.4) is 0 Å². The highest BCUT2D eigenvalue weighted by Gasteiger charge is 2.19. The molecular formula is C8H11BrN2O2S. The number of hydrogen-bond donors (Lipinski definition) is 3. The predicted molar refractivity (Wildman–Crippen MR) is 59.2 cm³/mol. The normalized spacial score (nSPS) is 15.1. The summed E-state index contributed by atoms with van der Waals surface area (Å²) in [5, 5.41) is 8.54. The molecule has 1 heterocycles. The highest BCUT2D eigenvalue weighted by atomic mass is 79.9. The van der Waals surface area contributed by atoms with Crippen molar-refractivity contribution < 1.29 is 9.90 Å². The van der Waals surface area contributed by atoms with Crippen molar-refractivity contribution in [3.8, 4) is 0 Å². The first-order valence-corrected chi connectivity index (χ1v) is 5.60. The van der Waals surface area contributed by atoms with E-state index in [1.807, 2.05) is 12.1 Å². The van der Waals surface area contributed by atoms with Crippen molar-refractivity contribution in [2.24, 2.45) is 11.5 Å². The van der Waals surface area contributed by atoms with E-state index >= 15 is 0 Å². The molecule has 0 fully saturated rings. The Bertz CT molecular complexity index is 329. The second kappa shape index (κ2) is 4.88. The molecule has 6 heteroatoms. The van der Waals surface area contributed by atoms with Gasteiger partial charge in [-0.3, -0.25) is 4.79 Å². The molecule has 1 rings (SSSR count). The van der Waals surface area contributed by atoms with Crippen LogP contribution in [0.5, 0.6) is 0 Å². The highest BCUT2D eigenvalue weighted by molar-refractivity contribution is 9.11. The number of carboxylic acid groups (broad SMARTS) is 1. The monoisotopic (exact) mass is 278 g/mol. The first-order valence-electron chi connectivity index (χ1n) is 3.99. The molecule has 0 radical (unpaired) electrons. The third kappa shape index (κ3) is 3.06.